The molecule has 0 aliphatic heterocycles. The second kappa shape index (κ2) is 8.63. The van der Waals surface area contributed by atoms with E-state index in [9.17, 15) is 17.6 Å². The Morgan fingerprint density at radius 1 is 0.800 bits per heavy atom. The highest BCUT2D eigenvalue weighted by Crippen LogP contribution is 2.42. The van der Waals surface area contributed by atoms with Crippen LogP contribution in [0.2, 0.25) is 0 Å². The SMILES string of the molecule is C=CCCc1cc(F)c(C2CCC(c3ccc4c(F)c(F)ccc4c3)CC2)c(F)c1. The van der Waals surface area contributed by atoms with Crippen LogP contribution in [-0.4, -0.2) is 0 Å². The van der Waals surface area contributed by atoms with Crippen molar-refractivity contribution in [1.29, 1.82) is 0 Å². The predicted molar refractivity (Wildman–Crippen MR) is 113 cm³/mol. The summed E-state index contributed by atoms with van der Waals surface area (Å²) in [6, 6.07) is 11.0. The van der Waals surface area contributed by atoms with E-state index in [4.69, 9.17) is 0 Å². The number of hydrogen-bond acceptors (Lipinski definition) is 0. The summed E-state index contributed by atoms with van der Waals surface area (Å²) in [5, 5.41) is 0.939. The molecule has 0 heterocycles. The molecule has 0 unspecified atom stereocenters. The van der Waals surface area contributed by atoms with Gasteiger partial charge in [0, 0.05) is 10.9 Å². The Morgan fingerprint density at radius 3 is 2.13 bits per heavy atom. The van der Waals surface area contributed by atoms with Gasteiger partial charge in [0.05, 0.1) is 0 Å². The summed E-state index contributed by atoms with van der Waals surface area (Å²) in [6.45, 7) is 3.65. The van der Waals surface area contributed by atoms with E-state index in [1.165, 1.54) is 12.1 Å². The smallest absolute Gasteiger partial charge is 0.166 e. The summed E-state index contributed by atoms with van der Waals surface area (Å²) in [5.41, 5.74) is 1.92. The third kappa shape index (κ3) is 4.00. The van der Waals surface area contributed by atoms with Crippen LogP contribution < -0.4 is 0 Å². The van der Waals surface area contributed by atoms with Crippen molar-refractivity contribution in [3.05, 3.63) is 95.1 Å². The molecule has 4 rings (SSSR count). The fourth-order valence-electron chi connectivity index (χ4n) is 4.69. The van der Waals surface area contributed by atoms with E-state index in [0.29, 0.717) is 36.6 Å². The molecule has 0 spiro atoms. The topological polar surface area (TPSA) is 0 Å². The largest absolute Gasteiger partial charge is 0.207 e. The van der Waals surface area contributed by atoms with E-state index in [1.54, 1.807) is 18.2 Å². The molecule has 0 N–H and O–H groups in total. The molecule has 1 aliphatic rings. The molecule has 0 atom stereocenters. The van der Waals surface area contributed by atoms with Crippen LogP contribution in [0.5, 0.6) is 0 Å². The number of aryl methyl sites for hydroxylation is 1. The van der Waals surface area contributed by atoms with Gasteiger partial charge in [-0.05, 0) is 85.1 Å². The summed E-state index contributed by atoms with van der Waals surface area (Å²) < 4.78 is 56.7. The van der Waals surface area contributed by atoms with Crippen LogP contribution in [0.1, 0.15) is 60.6 Å². The molecule has 1 saturated carbocycles. The van der Waals surface area contributed by atoms with Crippen LogP contribution >= 0.6 is 0 Å². The highest BCUT2D eigenvalue weighted by Gasteiger charge is 2.28. The normalized spacial score (nSPS) is 19.2. The molecular formula is C26H24F4. The molecule has 0 radical (unpaired) electrons. The Labute approximate surface area is 174 Å². The Bertz CT molecular complexity index is 1050. The molecule has 0 amide bonds. The average molecular weight is 412 g/mol. The first-order valence-electron chi connectivity index (χ1n) is 10.4. The summed E-state index contributed by atoms with van der Waals surface area (Å²) in [6.07, 6.45) is 6.00. The summed E-state index contributed by atoms with van der Waals surface area (Å²) in [7, 11) is 0. The number of rotatable bonds is 5. The molecule has 0 nitrogen and oxygen atoms in total. The number of halogens is 4. The van der Waals surface area contributed by atoms with Gasteiger partial charge in [-0.3, -0.25) is 0 Å². The van der Waals surface area contributed by atoms with Crippen LogP contribution in [-0.2, 0) is 6.42 Å². The molecule has 0 saturated heterocycles. The van der Waals surface area contributed by atoms with Gasteiger partial charge in [0.15, 0.2) is 11.6 Å². The fourth-order valence-corrected chi connectivity index (χ4v) is 4.69. The minimum Gasteiger partial charge on any atom is -0.207 e. The van der Waals surface area contributed by atoms with E-state index < -0.39 is 23.3 Å². The molecule has 1 fully saturated rings. The maximum Gasteiger partial charge on any atom is 0.166 e. The highest BCUT2D eigenvalue weighted by molar-refractivity contribution is 5.84. The minimum absolute atomic E-state index is 0.137. The average Bonchev–Trinajstić information content (AvgIpc) is 2.75. The zero-order valence-electron chi connectivity index (χ0n) is 16.7. The van der Waals surface area contributed by atoms with Crippen molar-refractivity contribution < 1.29 is 17.6 Å². The van der Waals surface area contributed by atoms with Crippen molar-refractivity contribution >= 4 is 10.8 Å². The third-order valence-corrected chi connectivity index (χ3v) is 6.31. The van der Waals surface area contributed by atoms with E-state index in [-0.39, 0.29) is 22.8 Å². The molecule has 0 bridgehead atoms. The zero-order chi connectivity index (χ0) is 21.3. The summed E-state index contributed by atoms with van der Waals surface area (Å²) in [5.74, 6) is -2.49. The second-order valence-corrected chi connectivity index (χ2v) is 8.19. The molecule has 0 aromatic heterocycles. The van der Waals surface area contributed by atoms with Crippen LogP contribution in [0.4, 0.5) is 17.6 Å². The summed E-state index contributed by atoms with van der Waals surface area (Å²) in [4.78, 5) is 0. The van der Waals surface area contributed by atoms with Gasteiger partial charge in [-0.2, -0.15) is 0 Å². The van der Waals surface area contributed by atoms with Gasteiger partial charge in [0.25, 0.3) is 0 Å². The van der Waals surface area contributed by atoms with Crippen LogP contribution in [0.25, 0.3) is 10.8 Å². The molecular weight excluding hydrogens is 388 g/mol. The van der Waals surface area contributed by atoms with Gasteiger partial charge in [0.1, 0.15) is 11.6 Å². The molecule has 3 aromatic carbocycles. The van der Waals surface area contributed by atoms with E-state index in [2.05, 4.69) is 6.58 Å². The van der Waals surface area contributed by atoms with Gasteiger partial charge in [-0.25, -0.2) is 17.6 Å². The van der Waals surface area contributed by atoms with Crippen molar-refractivity contribution in [2.45, 2.75) is 50.4 Å². The molecule has 3 aromatic rings. The van der Waals surface area contributed by atoms with Crippen LogP contribution in [0.3, 0.4) is 0 Å². The molecule has 30 heavy (non-hydrogen) atoms. The first kappa shape index (κ1) is 20.6. The van der Waals surface area contributed by atoms with Crippen molar-refractivity contribution in [1.82, 2.24) is 0 Å². The Hall–Kier alpha value is -2.62. The number of hydrogen-bond donors (Lipinski definition) is 0. The maximum absolute atomic E-state index is 14.7. The lowest BCUT2D eigenvalue weighted by molar-refractivity contribution is 0.376. The van der Waals surface area contributed by atoms with Gasteiger partial charge in [-0.1, -0.05) is 30.3 Å². The molecule has 1 aliphatic carbocycles. The van der Waals surface area contributed by atoms with Crippen molar-refractivity contribution in [2.75, 3.05) is 0 Å². The van der Waals surface area contributed by atoms with Gasteiger partial charge in [-0.15, -0.1) is 6.58 Å². The van der Waals surface area contributed by atoms with Crippen LogP contribution in [0, 0.1) is 23.3 Å². The minimum atomic E-state index is -0.852. The monoisotopic (exact) mass is 412 g/mol. The van der Waals surface area contributed by atoms with Crippen molar-refractivity contribution in [3.8, 4) is 0 Å². The molecule has 4 heteroatoms. The van der Waals surface area contributed by atoms with Gasteiger partial charge >= 0.3 is 0 Å². The van der Waals surface area contributed by atoms with Gasteiger partial charge < -0.3 is 0 Å². The quantitative estimate of drug-likeness (QED) is 0.295. The van der Waals surface area contributed by atoms with E-state index in [1.807, 2.05) is 12.1 Å². The number of allylic oxidation sites excluding steroid dienone is 1. The standard InChI is InChI=1S/C26H24F4/c1-2-3-4-16-13-23(28)25(24(29)14-16)18-7-5-17(6-8-18)19-9-11-21-20(15-19)10-12-22(27)26(21)30/h2,9-15,17-18H,1,3-8H2. The second-order valence-electron chi connectivity index (χ2n) is 8.19. The van der Waals surface area contributed by atoms with Gasteiger partial charge in [0.2, 0.25) is 0 Å². The first-order chi connectivity index (χ1) is 14.5. The lowest BCUT2D eigenvalue weighted by Crippen LogP contribution is -2.15. The van der Waals surface area contributed by atoms with Crippen molar-refractivity contribution in [3.63, 3.8) is 0 Å². The fraction of sp³-hybridized carbons (Fsp3) is 0.308. The lowest BCUT2D eigenvalue weighted by atomic mass is 9.75. The zero-order valence-corrected chi connectivity index (χ0v) is 16.7. The van der Waals surface area contributed by atoms with Crippen LogP contribution in [0.15, 0.2) is 55.1 Å². The number of benzene rings is 3. The lowest BCUT2D eigenvalue weighted by Gasteiger charge is -2.30. The predicted octanol–water partition coefficient (Wildman–Crippen LogP) is 7.96. The first-order valence-corrected chi connectivity index (χ1v) is 10.4. The van der Waals surface area contributed by atoms with E-state index in [0.717, 1.165) is 24.5 Å². The Kier molecular flexibility index (Phi) is 5.94. The maximum atomic E-state index is 14.7. The van der Waals surface area contributed by atoms with Crippen molar-refractivity contribution in [2.24, 2.45) is 0 Å². The summed E-state index contributed by atoms with van der Waals surface area (Å²) >= 11 is 0. The van der Waals surface area contributed by atoms with E-state index >= 15 is 0 Å². The Morgan fingerprint density at radius 2 is 1.47 bits per heavy atom. The third-order valence-electron chi connectivity index (χ3n) is 6.31. The molecule has 156 valence electrons. The Balaban J connectivity index is 1.50. The number of fused-ring (bicyclic) bond motifs is 1. The highest BCUT2D eigenvalue weighted by atomic mass is 19.2.